The van der Waals surface area contributed by atoms with Crippen molar-refractivity contribution >= 4 is 52.2 Å². The number of nitrogens with zero attached hydrogens (tertiary/aromatic N) is 5. The van der Waals surface area contributed by atoms with Gasteiger partial charge >= 0.3 is 23.5 Å². The molecular formula is C11H15N6O13P3S. The number of fused-ring (bicyclic) bond motifs is 1. The molecule has 6 atom stereocenters. The van der Waals surface area contributed by atoms with Crippen LogP contribution in [0.25, 0.3) is 11.2 Å². The van der Waals surface area contributed by atoms with Gasteiger partial charge in [-0.1, -0.05) is 0 Å². The van der Waals surface area contributed by atoms with Gasteiger partial charge in [-0.3, -0.25) is 9.09 Å². The zero-order valence-corrected chi connectivity index (χ0v) is 19.7. The van der Waals surface area contributed by atoms with Crippen LogP contribution >= 0.6 is 35.2 Å². The Kier molecular flexibility index (Phi) is 7.85. The second kappa shape index (κ2) is 9.85. The third-order valence-corrected chi connectivity index (χ3v) is 8.38. The molecule has 3 heterocycles. The number of phosphoric acid groups is 3. The molecule has 2 aromatic heterocycles. The highest BCUT2D eigenvalue weighted by Gasteiger charge is 2.47. The number of hydrogen-bond donors (Lipinski definition) is 7. The number of nitrogens with two attached hydrogens (primary N) is 1. The average Bonchev–Trinajstić information content (AvgIpc) is 3.16. The first-order valence-electron chi connectivity index (χ1n) is 8.48. The molecule has 0 saturated carbocycles. The molecule has 1 aliphatic rings. The highest BCUT2D eigenvalue weighted by Crippen LogP contribution is 2.66. The summed E-state index contributed by atoms with van der Waals surface area (Å²) in [5.41, 5.74) is 5.82. The number of aliphatic hydroxyl groups excluding tert-OH is 2. The third kappa shape index (κ3) is 6.18. The minimum Gasteiger partial charge on any atom is -0.387 e. The maximum absolute atomic E-state index is 11.9. The van der Waals surface area contributed by atoms with E-state index in [-0.39, 0.29) is 22.1 Å². The van der Waals surface area contributed by atoms with Crippen LogP contribution in [0.3, 0.4) is 0 Å². The molecule has 188 valence electrons. The summed E-state index contributed by atoms with van der Waals surface area (Å²) in [6.45, 7) is -1.02. The van der Waals surface area contributed by atoms with Crippen molar-refractivity contribution in [3.05, 3.63) is 6.33 Å². The molecule has 0 amide bonds. The SMILES string of the molecule is N#CSc1nc2c(N)ncnc2n1C1OC(COP(=O)(O)OP(=O)(O)OP(=O)(O)O)C(O)C1O. The Bertz CT molecular complexity index is 1260. The lowest BCUT2D eigenvalue weighted by atomic mass is 10.1. The Morgan fingerprint density at radius 2 is 1.82 bits per heavy atom. The number of imidazole rings is 1. The maximum atomic E-state index is 11.9. The first-order valence-corrected chi connectivity index (χ1v) is 13.8. The Morgan fingerprint density at radius 3 is 2.44 bits per heavy atom. The van der Waals surface area contributed by atoms with Crippen LogP contribution in [0, 0.1) is 10.7 Å². The summed E-state index contributed by atoms with van der Waals surface area (Å²) in [7, 11) is -16.8. The van der Waals surface area contributed by atoms with Crippen LogP contribution in [-0.4, -0.2) is 74.2 Å². The number of nitriles is 1. The zero-order valence-electron chi connectivity index (χ0n) is 16.2. The molecule has 1 aliphatic heterocycles. The molecule has 0 radical (unpaired) electrons. The van der Waals surface area contributed by atoms with Crippen molar-refractivity contribution in [1.29, 1.82) is 5.26 Å². The van der Waals surface area contributed by atoms with Crippen LogP contribution in [0.4, 0.5) is 5.82 Å². The van der Waals surface area contributed by atoms with Gasteiger partial charge in [0.25, 0.3) is 0 Å². The number of ether oxygens (including phenoxy) is 1. The Morgan fingerprint density at radius 1 is 1.15 bits per heavy atom. The molecule has 0 aliphatic carbocycles. The summed E-state index contributed by atoms with van der Waals surface area (Å²) in [6, 6.07) is 0. The number of rotatable bonds is 9. The highest BCUT2D eigenvalue weighted by molar-refractivity contribution is 8.03. The van der Waals surface area contributed by atoms with Gasteiger partial charge in [0.15, 0.2) is 28.4 Å². The number of aromatic nitrogens is 4. The van der Waals surface area contributed by atoms with Gasteiger partial charge in [-0.15, -0.1) is 0 Å². The van der Waals surface area contributed by atoms with Gasteiger partial charge in [0.05, 0.1) is 6.61 Å². The van der Waals surface area contributed by atoms with Gasteiger partial charge in [0, 0.05) is 11.8 Å². The number of aliphatic hydroxyl groups is 2. The minimum absolute atomic E-state index is 0.0232. The Hall–Kier alpha value is -1.52. The molecule has 0 bridgehead atoms. The second-order valence-electron chi connectivity index (χ2n) is 6.32. The second-order valence-corrected chi connectivity index (χ2v) is 11.5. The van der Waals surface area contributed by atoms with E-state index in [0.29, 0.717) is 11.8 Å². The summed E-state index contributed by atoms with van der Waals surface area (Å²) in [4.78, 5) is 47.6. The van der Waals surface area contributed by atoms with Crippen molar-refractivity contribution in [3.8, 4) is 5.40 Å². The van der Waals surface area contributed by atoms with Gasteiger partial charge in [-0.25, -0.2) is 28.6 Å². The number of hydrogen-bond acceptors (Lipinski definition) is 15. The number of thioether (sulfide) groups is 1. The molecule has 6 unspecified atom stereocenters. The van der Waals surface area contributed by atoms with Crippen LogP contribution in [-0.2, 0) is 31.6 Å². The fraction of sp³-hybridized carbons (Fsp3) is 0.455. The predicted octanol–water partition coefficient (Wildman–Crippen LogP) is -1.06. The van der Waals surface area contributed by atoms with E-state index < -0.39 is 54.6 Å². The summed E-state index contributed by atoms with van der Waals surface area (Å²) in [5.74, 6) is -0.0548. The normalized spacial score (nSPS) is 26.7. The van der Waals surface area contributed by atoms with E-state index in [2.05, 4.69) is 28.1 Å². The maximum Gasteiger partial charge on any atom is 0.490 e. The lowest BCUT2D eigenvalue weighted by Crippen LogP contribution is -2.33. The standard InChI is InChI=1S/C11H15N6O13P3S/c12-2-34-11-16-5-8(13)14-3-15-9(5)17(11)10-7(19)6(18)4(28-10)1-27-32(23,24)30-33(25,26)29-31(20,21)22/h3-4,6-7,10,18-19H,1H2,(H,23,24)(H,25,26)(H2,13,14,15)(H2,20,21,22). The summed E-state index contributed by atoms with van der Waals surface area (Å²) < 4.78 is 52.1. The van der Waals surface area contributed by atoms with Gasteiger partial charge in [-0.05, 0) is 0 Å². The van der Waals surface area contributed by atoms with Crippen molar-refractivity contribution < 1.29 is 61.4 Å². The molecule has 23 heteroatoms. The Labute approximate surface area is 192 Å². The predicted molar refractivity (Wildman–Crippen MR) is 107 cm³/mol. The van der Waals surface area contributed by atoms with Crippen molar-refractivity contribution in [3.63, 3.8) is 0 Å². The van der Waals surface area contributed by atoms with Gasteiger partial charge < -0.3 is 40.3 Å². The van der Waals surface area contributed by atoms with E-state index in [1.807, 2.05) is 0 Å². The van der Waals surface area contributed by atoms with E-state index in [4.69, 9.17) is 30.4 Å². The largest absolute Gasteiger partial charge is 0.490 e. The van der Waals surface area contributed by atoms with E-state index in [1.165, 1.54) is 0 Å². The van der Waals surface area contributed by atoms with E-state index in [1.54, 1.807) is 5.40 Å². The van der Waals surface area contributed by atoms with E-state index >= 15 is 0 Å². The van der Waals surface area contributed by atoms with E-state index in [9.17, 15) is 28.8 Å². The van der Waals surface area contributed by atoms with E-state index in [0.717, 1.165) is 10.9 Å². The average molecular weight is 564 g/mol. The monoisotopic (exact) mass is 564 g/mol. The lowest BCUT2D eigenvalue weighted by molar-refractivity contribution is -0.0540. The van der Waals surface area contributed by atoms with Crippen LogP contribution in [0.2, 0.25) is 0 Å². The van der Waals surface area contributed by atoms with Crippen molar-refractivity contribution in [1.82, 2.24) is 19.5 Å². The molecule has 34 heavy (non-hydrogen) atoms. The van der Waals surface area contributed by atoms with Gasteiger partial charge in [0.2, 0.25) is 0 Å². The fourth-order valence-electron chi connectivity index (χ4n) is 2.80. The first-order chi connectivity index (χ1) is 15.6. The summed E-state index contributed by atoms with van der Waals surface area (Å²) in [6.07, 6.45) is -5.43. The molecule has 3 rings (SSSR count). The minimum atomic E-state index is -5.75. The third-order valence-electron chi connectivity index (χ3n) is 4.02. The highest BCUT2D eigenvalue weighted by atomic mass is 32.2. The number of phosphoric ester groups is 1. The fourth-order valence-corrected chi connectivity index (χ4v) is 6.34. The molecule has 0 spiro atoms. The summed E-state index contributed by atoms with van der Waals surface area (Å²) in [5, 5.41) is 31.5. The smallest absolute Gasteiger partial charge is 0.387 e. The van der Waals surface area contributed by atoms with Crippen molar-refractivity contribution in [2.75, 3.05) is 12.3 Å². The van der Waals surface area contributed by atoms with Gasteiger partial charge in [-0.2, -0.15) is 13.9 Å². The molecule has 0 aromatic carbocycles. The topological polar surface area (TPSA) is 303 Å². The molecular weight excluding hydrogens is 549 g/mol. The molecule has 8 N–H and O–H groups in total. The Balaban J connectivity index is 1.79. The molecule has 1 saturated heterocycles. The van der Waals surface area contributed by atoms with Crippen LogP contribution in [0.15, 0.2) is 11.5 Å². The van der Waals surface area contributed by atoms with Gasteiger partial charge in [0.1, 0.15) is 30.0 Å². The number of thiocyanates is 1. The zero-order chi connectivity index (χ0) is 25.5. The quantitative estimate of drug-likeness (QED) is 0.108. The van der Waals surface area contributed by atoms with Crippen LogP contribution < -0.4 is 5.73 Å². The molecule has 2 aromatic rings. The van der Waals surface area contributed by atoms with Crippen LogP contribution in [0.5, 0.6) is 0 Å². The number of nitrogen functional groups attached to an aromatic ring is 1. The van der Waals surface area contributed by atoms with Crippen molar-refractivity contribution in [2.24, 2.45) is 0 Å². The molecule has 1 fully saturated rings. The first kappa shape index (κ1) is 27.1. The molecule has 19 nitrogen and oxygen atoms in total. The lowest BCUT2D eigenvalue weighted by Gasteiger charge is -2.19. The van der Waals surface area contributed by atoms with Crippen LogP contribution in [0.1, 0.15) is 6.23 Å². The number of anilines is 1. The van der Waals surface area contributed by atoms with Crippen molar-refractivity contribution in [2.45, 2.75) is 29.7 Å². The summed E-state index contributed by atoms with van der Waals surface area (Å²) >= 11 is 0.545.